The van der Waals surface area contributed by atoms with Crippen molar-refractivity contribution in [2.24, 2.45) is 5.92 Å². The highest BCUT2D eigenvalue weighted by Gasteiger charge is 2.24. The number of likely N-dealkylation sites (N-methyl/N-ethyl adjacent to an activating group) is 1. The molecular formula is C14H21FN2O3S. The number of benzene rings is 1. The second kappa shape index (κ2) is 6.29. The highest BCUT2D eigenvalue weighted by Crippen LogP contribution is 2.28. The molecule has 0 heterocycles. The van der Waals surface area contributed by atoms with Gasteiger partial charge in [-0.15, -0.1) is 0 Å². The van der Waals surface area contributed by atoms with Gasteiger partial charge in [0.2, 0.25) is 10.0 Å². The van der Waals surface area contributed by atoms with Crippen LogP contribution in [-0.4, -0.2) is 39.5 Å². The molecular weight excluding hydrogens is 295 g/mol. The van der Waals surface area contributed by atoms with Gasteiger partial charge in [0, 0.05) is 20.2 Å². The first-order valence-electron chi connectivity index (χ1n) is 6.92. The van der Waals surface area contributed by atoms with Crippen molar-refractivity contribution in [3.05, 3.63) is 23.5 Å². The molecule has 1 aliphatic carbocycles. The molecule has 2 N–H and O–H groups in total. The molecule has 21 heavy (non-hydrogen) atoms. The fourth-order valence-corrected chi connectivity index (χ4v) is 3.22. The van der Waals surface area contributed by atoms with Crippen molar-refractivity contribution >= 4 is 15.7 Å². The number of nitrogens with zero attached hydrogens (tertiary/aromatic N) is 1. The molecule has 1 aromatic carbocycles. The number of nitrogens with two attached hydrogens (primary N) is 1. The Hall–Kier alpha value is -1.18. The third kappa shape index (κ3) is 3.93. The number of halogens is 1. The smallest absolute Gasteiger partial charge is 0.242 e. The highest BCUT2D eigenvalue weighted by molar-refractivity contribution is 7.89. The maximum absolute atomic E-state index is 13.5. The van der Waals surface area contributed by atoms with E-state index in [1.165, 1.54) is 37.2 Å². The van der Waals surface area contributed by atoms with E-state index in [0.29, 0.717) is 19.1 Å². The van der Waals surface area contributed by atoms with E-state index >= 15 is 0 Å². The van der Waals surface area contributed by atoms with Crippen molar-refractivity contribution in [1.29, 1.82) is 0 Å². The number of hydrogen-bond acceptors (Lipinski definition) is 4. The molecule has 0 spiro atoms. The van der Waals surface area contributed by atoms with Gasteiger partial charge in [-0.05, 0) is 43.4 Å². The lowest BCUT2D eigenvalue weighted by Gasteiger charge is -2.18. The van der Waals surface area contributed by atoms with Crippen LogP contribution in [-0.2, 0) is 14.8 Å². The summed E-state index contributed by atoms with van der Waals surface area (Å²) in [5.41, 5.74) is 5.55. The minimum Gasteiger partial charge on any atom is -0.396 e. The van der Waals surface area contributed by atoms with Gasteiger partial charge >= 0.3 is 0 Å². The van der Waals surface area contributed by atoms with Gasteiger partial charge in [0.25, 0.3) is 0 Å². The first-order valence-corrected chi connectivity index (χ1v) is 8.36. The van der Waals surface area contributed by atoms with Crippen LogP contribution in [0.15, 0.2) is 17.0 Å². The lowest BCUT2D eigenvalue weighted by Crippen LogP contribution is -2.30. The number of sulfonamides is 1. The van der Waals surface area contributed by atoms with Crippen LogP contribution in [0.25, 0.3) is 0 Å². The minimum atomic E-state index is -3.68. The Labute approximate surface area is 124 Å². The van der Waals surface area contributed by atoms with E-state index in [0.717, 1.165) is 6.07 Å². The fraction of sp³-hybridized carbons (Fsp3) is 0.571. The molecule has 7 heteroatoms. The quantitative estimate of drug-likeness (QED) is 0.614. The van der Waals surface area contributed by atoms with Crippen LogP contribution in [0.4, 0.5) is 10.1 Å². The van der Waals surface area contributed by atoms with Gasteiger partial charge in [0.05, 0.1) is 17.2 Å². The van der Waals surface area contributed by atoms with Crippen LogP contribution < -0.4 is 5.73 Å². The first kappa shape index (κ1) is 16.2. The summed E-state index contributed by atoms with van der Waals surface area (Å²) in [6.45, 7) is 2.78. The SMILES string of the molecule is Cc1cc(S(=O)(=O)N(C)CCOCC2CC2)cc(N)c1F. The summed E-state index contributed by atoms with van der Waals surface area (Å²) in [4.78, 5) is 0.00333. The van der Waals surface area contributed by atoms with Crippen LogP contribution in [0.3, 0.4) is 0 Å². The maximum Gasteiger partial charge on any atom is 0.242 e. The fourth-order valence-electron chi connectivity index (χ4n) is 1.94. The zero-order valence-corrected chi connectivity index (χ0v) is 13.1. The van der Waals surface area contributed by atoms with E-state index in [1.807, 2.05) is 0 Å². The summed E-state index contributed by atoms with van der Waals surface area (Å²) in [7, 11) is -2.20. The molecule has 5 nitrogen and oxygen atoms in total. The Bertz CT molecular complexity index is 592. The topological polar surface area (TPSA) is 72.6 Å². The Kier molecular flexibility index (Phi) is 4.85. The standard InChI is InChI=1S/C14H21FN2O3S/c1-10-7-12(8-13(16)14(10)15)21(18,19)17(2)5-6-20-9-11-3-4-11/h7-8,11H,3-6,9,16H2,1-2H3. The molecule has 0 bridgehead atoms. The van der Waals surface area contributed by atoms with Crippen LogP contribution in [0.2, 0.25) is 0 Å². The van der Waals surface area contributed by atoms with Gasteiger partial charge in [-0.25, -0.2) is 12.8 Å². The van der Waals surface area contributed by atoms with Crippen molar-refractivity contribution in [3.8, 4) is 0 Å². The van der Waals surface area contributed by atoms with Gasteiger partial charge < -0.3 is 10.5 Å². The predicted molar refractivity (Wildman–Crippen MR) is 78.9 cm³/mol. The molecule has 0 aliphatic heterocycles. The average molecular weight is 316 g/mol. The van der Waals surface area contributed by atoms with Crippen molar-refractivity contribution in [3.63, 3.8) is 0 Å². The number of hydrogen-bond donors (Lipinski definition) is 1. The van der Waals surface area contributed by atoms with Gasteiger partial charge in [-0.1, -0.05) is 0 Å². The van der Waals surface area contributed by atoms with Crippen molar-refractivity contribution in [2.45, 2.75) is 24.7 Å². The molecule has 0 radical (unpaired) electrons. The summed E-state index contributed by atoms with van der Waals surface area (Å²) < 4.78 is 44.9. The molecule has 1 aromatic rings. The molecule has 1 fully saturated rings. The largest absolute Gasteiger partial charge is 0.396 e. The normalized spacial score (nSPS) is 15.6. The number of ether oxygens (including phenoxy) is 1. The molecule has 0 amide bonds. The zero-order chi connectivity index (χ0) is 15.6. The first-order chi connectivity index (χ1) is 9.82. The summed E-state index contributed by atoms with van der Waals surface area (Å²) in [5, 5.41) is 0. The molecule has 118 valence electrons. The molecule has 1 saturated carbocycles. The minimum absolute atomic E-state index is 0.00333. The second-order valence-electron chi connectivity index (χ2n) is 5.49. The van der Waals surface area contributed by atoms with E-state index in [1.54, 1.807) is 0 Å². The Morgan fingerprint density at radius 1 is 1.43 bits per heavy atom. The van der Waals surface area contributed by atoms with E-state index < -0.39 is 15.8 Å². The van der Waals surface area contributed by atoms with Crippen LogP contribution in [0.5, 0.6) is 0 Å². The second-order valence-corrected chi connectivity index (χ2v) is 7.53. The average Bonchev–Trinajstić information content (AvgIpc) is 3.24. The van der Waals surface area contributed by atoms with E-state index in [9.17, 15) is 12.8 Å². The molecule has 0 unspecified atom stereocenters. The summed E-state index contributed by atoms with van der Waals surface area (Å²) >= 11 is 0. The number of aryl methyl sites for hydroxylation is 1. The summed E-state index contributed by atoms with van der Waals surface area (Å²) in [6.07, 6.45) is 2.39. The zero-order valence-electron chi connectivity index (χ0n) is 12.3. The van der Waals surface area contributed by atoms with Gasteiger partial charge in [0.1, 0.15) is 5.82 Å². The molecule has 2 rings (SSSR count). The van der Waals surface area contributed by atoms with Gasteiger partial charge in [0.15, 0.2) is 0 Å². The number of rotatable bonds is 7. The van der Waals surface area contributed by atoms with Crippen LogP contribution in [0.1, 0.15) is 18.4 Å². The van der Waals surface area contributed by atoms with Crippen LogP contribution in [0, 0.1) is 18.7 Å². The number of nitrogen functional groups attached to an aromatic ring is 1. The Morgan fingerprint density at radius 2 is 2.10 bits per heavy atom. The Balaban J connectivity index is 2.01. The predicted octanol–water partition coefficient (Wildman–Crippen LogP) is 1.76. The Morgan fingerprint density at radius 3 is 2.67 bits per heavy atom. The lowest BCUT2D eigenvalue weighted by atomic mass is 10.2. The van der Waals surface area contributed by atoms with Crippen LogP contribution >= 0.6 is 0 Å². The van der Waals surface area contributed by atoms with E-state index in [4.69, 9.17) is 10.5 Å². The lowest BCUT2D eigenvalue weighted by molar-refractivity contribution is 0.117. The van der Waals surface area contributed by atoms with Crippen molar-refractivity contribution in [1.82, 2.24) is 4.31 Å². The van der Waals surface area contributed by atoms with Gasteiger partial charge in [-0.2, -0.15) is 4.31 Å². The number of anilines is 1. The van der Waals surface area contributed by atoms with E-state index in [2.05, 4.69) is 0 Å². The molecule has 1 aliphatic rings. The highest BCUT2D eigenvalue weighted by atomic mass is 32.2. The third-order valence-corrected chi connectivity index (χ3v) is 5.40. The summed E-state index contributed by atoms with van der Waals surface area (Å²) in [5.74, 6) is 0.0656. The van der Waals surface area contributed by atoms with Gasteiger partial charge in [-0.3, -0.25) is 0 Å². The summed E-state index contributed by atoms with van der Waals surface area (Å²) in [6, 6.07) is 2.45. The van der Waals surface area contributed by atoms with E-state index in [-0.39, 0.29) is 22.7 Å². The monoisotopic (exact) mass is 316 g/mol. The van der Waals surface area contributed by atoms with Crippen molar-refractivity contribution < 1.29 is 17.5 Å². The molecule has 0 atom stereocenters. The third-order valence-electron chi connectivity index (χ3n) is 3.57. The van der Waals surface area contributed by atoms with Crippen molar-refractivity contribution in [2.75, 3.05) is 32.5 Å². The molecule has 0 aromatic heterocycles. The molecule has 0 saturated heterocycles. The maximum atomic E-state index is 13.5.